The molecule has 0 saturated carbocycles. The largest absolute Gasteiger partial charge is 0.207 e. The molecule has 1 heterocycles. The molecule has 2 rings (SSSR count). The van der Waals surface area contributed by atoms with Crippen molar-refractivity contribution in [3.05, 3.63) is 28.4 Å². The standard InChI is InChI=1S/C9H6ClFS2/c1-12-7-2-5(11)3-8-9(7)6(10)4-13-8/h2-4H,1H3. The Labute approximate surface area is 88.7 Å². The number of thiophene rings is 1. The number of benzene rings is 1. The molecule has 0 aliphatic heterocycles. The summed E-state index contributed by atoms with van der Waals surface area (Å²) in [4.78, 5) is 0.904. The maximum absolute atomic E-state index is 13.0. The van der Waals surface area contributed by atoms with Crippen LogP contribution in [0.2, 0.25) is 5.02 Å². The minimum atomic E-state index is -0.199. The molecule has 0 aliphatic carbocycles. The molecule has 0 fully saturated rings. The predicted molar refractivity (Wildman–Crippen MR) is 58.6 cm³/mol. The summed E-state index contributed by atoms with van der Waals surface area (Å²) in [5.74, 6) is -0.199. The molecule has 13 heavy (non-hydrogen) atoms. The summed E-state index contributed by atoms with van der Waals surface area (Å²) >= 11 is 8.97. The quantitative estimate of drug-likeness (QED) is 0.656. The maximum atomic E-state index is 13.0. The first-order valence-corrected chi connectivity index (χ1v) is 6.11. The van der Waals surface area contributed by atoms with Crippen LogP contribution in [-0.2, 0) is 0 Å². The third-order valence-electron chi connectivity index (χ3n) is 1.78. The van der Waals surface area contributed by atoms with Crippen molar-refractivity contribution in [3.8, 4) is 0 Å². The van der Waals surface area contributed by atoms with E-state index >= 15 is 0 Å². The van der Waals surface area contributed by atoms with Crippen molar-refractivity contribution in [1.82, 2.24) is 0 Å². The molecule has 0 atom stereocenters. The van der Waals surface area contributed by atoms with E-state index in [2.05, 4.69) is 0 Å². The summed E-state index contributed by atoms with van der Waals surface area (Å²) in [5.41, 5.74) is 0. The van der Waals surface area contributed by atoms with Gasteiger partial charge in [0.25, 0.3) is 0 Å². The lowest BCUT2D eigenvalue weighted by Crippen LogP contribution is -1.77. The third-order valence-corrected chi connectivity index (χ3v) is 3.90. The molecule has 1 aromatic carbocycles. The van der Waals surface area contributed by atoms with Crippen LogP contribution >= 0.6 is 34.7 Å². The second-order valence-corrected chi connectivity index (χ2v) is 4.73. The fourth-order valence-corrected chi connectivity index (χ4v) is 3.26. The second kappa shape index (κ2) is 3.48. The average molecular weight is 233 g/mol. The molecule has 4 heteroatoms. The molecule has 0 radical (unpaired) electrons. The van der Waals surface area contributed by atoms with Gasteiger partial charge in [0.1, 0.15) is 5.82 Å². The zero-order valence-electron chi connectivity index (χ0n) is 6.80. The first-order chi connectivity index (χ1) is 6.22. The molecule has 0 spiro atoms. The van der Waals surface area contributed by atoms with Gasteiger partial charge in [0.05, 0.1) is 5.02 Å². The molecule has 1 aromatic heterocycles. The van der Waals surface area contributed by atoms with E-state index in [0.29, 0.717) is 5.02 Å². The summed E-state index contributed by atoms with van der Waals surface area (Å²) in [7, 11) is 0. The summed E-state index contributed by atoms with van der Waals surface area (Å²) in [6, 6.07) is 3.04. The van der Waals surface area contributed by atoms with Crippen molar-refractivity contribution < 1.29 is 4.39 Å². The summed E-state index contributed by atoms with van der Waals surface area (Å²) in [6.07, 6.45) is 1.92. The van der Waals surface area contributed by atoms with Crippen LogP contribution in [0.5, 0.6) is 0 Å². The minimum Gasteiger partial charge on any atom is -0.207 e. The highest BCUT2D eigenvalue weighted by molar-refractivity contribution is 7.98. The van der Waals surface area contributed by atoms with Gasteiger partial charge in [-0.2, -0.15) is 0 Å². The van der Waals surface area contributed by atoms with Crippen LogP contribution < -0.4 is 0 Å². The van der Waals surface area contributed by atoms with Crippen molar-refractivity contribution in [2.75, 3.05) is 6.26 Å². The Morgan fingerprint density at radius 3 is 2.92 bits per heavy atom. The topological polar surface area (TPSA) is 0 Å². The SMILES string of the molecule is CSc1cc(F)cc2scc(Cl)c12. The number of hydrogen-bond acceptors (Lipinski definition) is 2. The van der Waals surface area contributed by atoms with Gasteiger partial charge in [0.2, 0.25) is 0 Å². The molecule has 68 valence electrons. The van der Waals surface area contributed by atoms with Gasteiger partial charge in [0, 0.05) is 20.4 Å². The number of hydrogen-bond donors (Lipinski definition) is 0. The fourth-order valence-electron chi connectivity index (χ4n) is 1.22. The normalized spacial score (nSPS) is 11.0. The molecule has 0 N–H and O–H groups in total. The van der Waals surface area contributed by atoms with Gasteiger partial charge in [-0.05, 0) is 18.4 Å². The first kappa shape index (κ1) is 9.31. The zero-order valence-corrected chi connectivity index (χ0v) is 9.19. The Bertz CT molecular complexity index is 450. The molecule has 0 nitrogen and oxygen atoms in total. The molecule has 2 aromatic rings. The molecular weight excluding hydrogens is 227 g/mol. The molecule has 0 aliphatic rings. The van der Waals surface area contributed by atoms with E-state index in [1.807, 2.05) is 11.6 Å². The minimum absolute atomic E-state index is 0.199. The van der Waals surface area contributed by atoms with Crippen molar-refractivity contribution in [2.45, 2.75) is 4.90 Å². The number of thioether (sulfide) groups is 1. The van der Waals surface area contributed by atoms with E-state index in [0.717, 1.165) is 15.0 Å². The van der Waals surface area contributed by atoms with Gasteiger partial charge in [-0.1, -0.05) is 11.6 Å². The Kier molecular flexibility index (Phi) is 2.49. The Morgan fingerprint density at radius 1 is 1.46 bits per heavy atom. The highest BCUT2D eigenvalue weighted by atomic mass is 35.5. The van der Waals surface area contributed by atoms with E-state index in [1.165, 1.54) is 35.2 Å². The molecule has 0 amide bonds. The van der Waals surface area contributed by atoms with E-state index in [4.69, 9.17) is 11.6 Å². The summed E-state index contributed by atoms with van der Waals surface area (Å²) in [6.45, 7) is 0. The van der Waals surface area contributed by atoms with E-state index in [-0.39, 0.29) is 5.82 Å². The van der Waals surface area contributed by atoms with E-state index in [9.17, 15) is 4.39 Å². The van der Waals surface area contributed by atoms with Crippen LogP contribution in [0.3, 0.4) is 0 Å². The van der Waals surface area contributed by atoms with Gasteiger partial charge in [-0.3, -0.25) is 0 Å². The van der Waals surface area contributed by atoms with Crippen LogP contribution in [0, 0.1) is 5.82 Å². The van der Waals surface area contributed by atoms with Crippen LogP contribution in [0.1, 0.15) is 0 Å². The molecule has 0 saturated heterocycles. The highest BCUT2D eigenvalue weighted by Crippen LogP contribution is 2.37. The number of fused-ring (bicyclic) bond motifs is 1. The van der Waals surface area contributed by atoms with Gasteiger partial charge in [-0.25, -0.2) is 4.39 Å². The first-order valence-electron chi connectivity index (χ1n) is 3.62. The third kappa shape index (κ3) is 1.56. The monoisotopic (exact) mass is 232 g/mol. The lowest BCUT2D eigenvalue weighted by molar-refractivity contribution is 0.627. The van der Waals surface area contributed by atoms with E-state index in [1.54, 1.807) is 0 Å². The average Bonchev–Trinajstić information content (AvgIpc) is 2.46. The zero-order chi connectivity index (χ0) is 9.42. The number of rotatable bonds is 1. The molecule has 0 bridgehead atoms. The Hall–Kier alpha value is -0.250. The van der Waals surface area contributed by atoms with Crippen LogP contribution in [0.25, 0.3) is 10.1 Å². The van der Waals surface area contributed by atoms with Gasteiger partial charge < -0.3 is 0 Å². The van der Waals surface area contributed by atoms with Gasteiger partial charge >= 0.3 is 0 Å². The lowest BCUT2D eigenvalue weighted by atomic mass is 10.2. The van der Waals surface area contributed by atoms with E-state index < -0.39 is 0 Å². The smallest absolute Gasteiger partial charge is 0.125 e. The molecule has 0 unspecified atom stereocenters. The number of halogens is 2. The van der Waals surface area contributed by atoms with Crippen molar-refractivity contribution in [1.29, 1.82) is 0 Å². The van der Waals surface area contributed by atoms with Crippen molar-refractivity contribution >= 4 is 44.8 Å². The van der Waals surface area contributed by atoms with Gasteiger partial charge in [-0.15, -0.1) is 23.1 Å². The van der Waals surface area contributed by atoms with Gasteiger partial charge in [0.15, 0.2) is 0 Å². The predicted octanol–water partition coefficient (Wildman–Crippen LogP) is 4.42. The van der Waals surface area contributed by atoms with Crippen LogP contribution in [-0.4, -0.2) is 6.26 Å². The maximum Gasteiger partial charge on any atom is 0.125 e. The Morgan fingerprint density at radius 2 is 2.23 bits per heavy atom. The van der Waals surface area contributed by atoms with Crippen molar-refractivity contribution in [2.24, 2.45) is 0 Å². The van der Waals surface area contributed by atoms with Crippen LogP contribution in [0.15, 0.2) is 22.4 Å². The lowest BCUT2D eigenvalue weighted by Gasteiger charge is -1.99. The highest BCUT2D eigenvalue weighted by Gasteiger charge is 2.08. The second-order valence-electron chi connectivity index (χ2n) is 2.56. The van der Waals surface area contributed by atoms with Crippen LogP contribution in [0.4, 0.5) is 4.39 Å². The fraction of sp³-hybridized carbons (Fsp3) is 0.111. The summed E-state index contributed by atoms with van der Waals surface area (Å²) in [5, 5.41) is 3.52. The summed E-state index contributed by atoms with van der Waals surface area (Å²) < 4.78 is 14.0. The van der Waals surface area contributed by atoms with Crippen molar-refractivity contribution in [3.63, 3.8) is 0 Å². The molecular formula is C9H6ClFS2. The Balaban J connectivity index is 2.85.